The lowest BCUT2D eigenvalue weighted by Gasteiger charge is -1.98. The van der Waals surface area contributed by atoms with Crippen LogP contribution in [0.5, 0.6) is 0 Å². The summed E-state index contributed by atoms with van der Waals surface area (Å²) in [6.45, 7) is 1.84. The van der Waals surface area contributed by atoms with Crippen LogP contribution >= 0.6 is 0 Å². The van der Waals surface area contributed by atoms with Crippen molar-refractivity contribution in [3.63, 3.8) is 0 Å². The molecule has 2 rings (SSSR count). The molecule has 1 aromatic heterocycles. The highest BCUT2D eigenvalue weighted by molar-refractivity contribution is 5.97. The Kier molecular flexibility index (Phi) is 3.89. The maximum absolute atomic E-state index is 11.9. The van der Waals surface area contributed by atoms with Crippen molar-refractivity contribution in [3.05, 3.63) is 54.5 Å². The van der Waals surface area contributed by atoms with Crippen LogP contribution in [0.1, 0.15) is 18.7 Å². The topological polar surface area (TPSA) is 66.9 Å². The van der Waals surface area contributed by atoms with Crippen LogP contribution in [-0.2, 0) is 4.79 Å². The van der Waals surface area contributed by atoms with Crippen LogP contribution in [0.25, 0.3) is 11.1 Å². The monoisotopic (exact) mass is 252 g/mol. The van der Waals surface area contributed by atoms with Crippen molar-refractivity contribution in [1.29, 1.82) is 5.26 Å². The number of nitrogens with zero attached hydrogens (tertiary/aromatic N) is 2. The number of carbonyl (C=O) groups excluding carboxylic acids is 1. The van der Waals surface area contributed by atoms with Crippen molar-refractivity contribution in [1.82, 2.24) is 4.98 Å². The number of benzene rings is 1. The molecule has 1 atom stereocenters. The average Bonchev–Trinajstić information content (AvgIpc) is 2.83. The molecule has 4 heteroatoms. The molecule has 0 spiro atoms. The first-order valence-corrected chi connectivity index (χ1v) is 5.84. The van der Waals surface area contributed by atoms with Crippen molar-refractivity contribution in [2.45, 2.75) is 12.8 Å². The third-order valence-electron chi connectivity index (χ3n) is 2.54. The van der Waals surface area contributed by atoms with E-state index in [1.165, 1.54) is 6.08 Å². The van der Waals surface area contributed by atoms with E-state index in [1.54, 1.807) is 30.4 Å². The molecule has 0 saturated heterocycles. The summed E-state index contributed by atoms with van der Waals surface area (Å²) < 4.78 is 5.44. The molecule has 0 saturated carbocycles. The highest BCUT2D eigenvalue weighted by Crippen LogP contribution is 2.22. The number of rotatable bonds is 4. The van der Waals surface area contributed by atoms with Crippen molar-refractivity contribution in [2.24, 2.45) is 0 Å². The molecule has 0 aliphatic heterocycles. The number of hydrogen-bond donors (Lipinski definition) is 0. The zero-order valence-electron chi connectivity index (χ0n) is 10.4. The summed E-state index contributed by atoms with van der Waals surface area (Å²) in [4.78, 5) is 16.1. The summed E-state index contributed by atoms with van der Waals surface area (Å²) >= 11 is 0. The van der Waals surface area contributed by atoms with Crippen LogP contribution in [0.3, 0.4) is 0 Å². The van der Waals surface area contributed by atoms with Gasteiger partial charge in [-0.3, -0.25) is 4.79 Å². The minimum atomic E-state index is -1.01. The molecule has 0 N–H and O–H groups in total. The van der Waals surface area contributed by atoms with E-state index in [2.05, 4.69) is 4.98 Å². The van der Waals surface area contributed by atoms with Crippen LogP contribution in [0, 0.1) is 11.3 Å². The van der Waals surface area contributed by atoms with Gasteiger partial charge in [0.1, 0.15) is 5.52 Å². The Balaban J connectivity index is 2.31. The molecule has 19 heavy (non-hydrogen) atoms. The van der Waals surface area contributed by atoms with Crippen LogP contribution in [0.4, 0.5) is 0 Å². The second-order valence-electron chi connectivity index (χ2n) is 3.87. The number of fused-ring (bicyclic) bond motifs is 1. The molecule has 0 fully saturated rings. The lowest BCUT2D eigenvalue weighted by Crippen LogP contribution is -2.07. The first-order chi connectivity index (χ1) is 9.26. The lowest BCUT2D eigenvalue weighted by atomic mass is 10.1. The Morgan fingerprint density at radius 1 is 1.42 bits per heavy atom. The molecule has 1 aromatic carbocycles. The van der Waals surface area contributed by atoms with E-state index >= 15 is 0 Å². The van der Waals surface area contributed by atoms with Crippen molar-refractivity contribution >= 4 is 16.9 Å². The molecular weight excluding hydrogens is 240 g/mol. The van der Waals surface area contributed by atoms with Gasteiger partial charge in [0.15, 0.2) is 17.3 Å². The summed E-state index contributed by atoms with van der Waals surface area (Å²) in [5.41, 5.74) is 1.21. The predicted octanol–water partition coefficient (Wildman–Crippen LogP) is 3.14. The molecule has 1 unspecified atom stereocenters. The standard InChI is InChI=1S/C15H12N2O2/c1-2-3-4-8-13(18)11(10-16)15-17-12-7-5-6-9-14(12)19-15/h2-9,11H,1H3/b3-2+,8-4+. The molecule has 1 heterocycles. The lowest BCUT2D eigenvalue weighted by molar-refractivity contribution is -0.115. The van der Waals surface area contributed by atoms with Gasteiger partial charge in [0.05, 0.1) is 6.07 Å². The van der Waals surface area contributed by atoms with Gasteiger partial charge in [0.25, 0.3) is 0 Å². The number of hydrogen-bond acceptors (Lipinski definition) is 4. The van der Waals surface area contributed by atoms with Gasteiger partial charge < -0.3 is 4.42 Å². The summed E-state index contributed by atoms with van der Waals surface area (Å²) in [6, 6.07) is 9.09. The molecular formula is C15H12N2O2. The van der Waals surface area contributed by atoms with Gasteiger partial charge in [-0.1, -0.05) is 30.4 Å². The van der Waals surface area contributed by atoms with Crippen molar-refractivity contribution < 1.29 is 9.21 Å². The molecule has 2 aromatic rings. The first-order valence-electron chi connectivity index (χ1n) is 5.84. The van der Waals surface area contributed by atoms with E-state index in [4.69, 9.17) is 9.68 Å². The maximum Gasteiger partial charge on any atom is 0.220 e. The van der Waals surface area contributed by atoms with E-state index in [0.717, 1.165) is 0 Å². The molecule has 4 nitrogen and oxygen atoms in total. The Labute approximate surface area is 110 Å². The maximum atomic E-state index is 11.9. The summed E-state index contributed by atoms with van der Waals surface area (Å²) in [6.07, 6.45) is 6.46. The van der Waals surface area contributed by atoms with Gasteiger partial charge >= 0.3 is 0 Å². The number of aromatic nitrogens is 1. The summed E-state index contributed by atoms with van der Waals surface area (Å²) in [5, 5.41) is 9.11. The third-order valence-corrected chi connectivity index (χ3v) is 2.54. The van der Waals surface area contributed by atoms with E-state index in [0.29, 0.717) is 11.1 Å². The van der Waals surface area contributed by atoms with Gasteiger partial charge in [-0.15, -0.1) is 0 Å². The average molecular weight is 252 g/mol. The largest absolute Gasteiger partial charge is 0.439 e. The van der Waals surface area contributed by atoms with Crippen LogP contribution in [0.15, 0.2) is 53.0 Å². The molecule has 94 valence electrons. The number of nitriles is 1. The second-order valence-corrected chi connectivity index (χ2v) is 3.87. The molecule has 0 aliphatic carbocycles. The van der Waals surface area contributed by atoms with E-state index in [-0.39, 0.29) is 11.7 Å². The van der Waals surface area contributed by atoms with Gasteiger partial charge in [0.2, 0.25) is 5.89 Å². The first kappa shape index (κ1) is 12.8. The van der Waals surface area contributed by atoms with Gasteiger partial charge in [-0.2, -0.15) is 5.26 Å². The quantitative estimate of drug-likeness (QED) is 0.619. The Morgan fingerprint density at radius 3 is 2.89 bits per heavy atom. The normalized spacial score (nSPS) is 13.1. The fourth-order valence-corrected chi connectivity index (χ4v) is 1.61. The predicted molar refractivity (Wildman–Crippen MR) is 71.3 cm³/mol. The minimum Gasteiger partial charge on any atom is -0.439 e. The van der Waals surface area contributed by atoms with Crippen molar-refractivity contribution in [2.75, 3.05) is 0 Å². The minimum absolute atomic E-state index is 0.138. The van der Waals surface area contributed by atoms with E-state index < -0.39 is 5.92 Å². The zero-order valence-corrected chi connectivity index (χ0v) is 10.4. The Morgan fingerprint density at radius 2 is 2.21 bits per heavy atom. The zero-order chi connectivity index (χ0) is 13.7. The number of oxazole rings is 1. The molecule has 0 radical (unpaired) electrons. The fourth-order valence-electron chi connectivity index (χ4n) is 1.61. The molecule has 0 amide bonds. The number of allylic oxidation sites excluding steroid dienone is 4. The Hall–Kier alpha value is -2.67. The van der Waals surface area contributed by atoms with Crippen molar-refractivity contribution in [3.8, 4) is 6.07 Å². The summed E-state index contributed by atoms with van der Waals surface area (Å²) in [7, 11) is 0. The smallest absolute Gasteiger partial charge is 0.220 e. The fraction of sp³-hybridized carbons (Fsp3) is 0.133. The SMILES string of the molecule is C/C=C/C=C/C(=O)C(C#N)c1nc2ccccc2o1. The van der Waals surface area contributed by atoms with Gasteiger partial charge in [-0.05, 0) is 25.1 Å². The molecule has 0 aliphatic rings. The second kappa shape index (κ2) is 5.78. The number of ketones is 1. The van der Waals surface area contributed by atoms with Gasteiger partial charge in [0, 0.05) is 0 Å². The van der Waals surface area contributed by atoms with Crippen LogP contribution in [0.2, 0.25) is 0 Å². The third kappa shape index (κ3) is 2.78. The van der Waals surface area contributed by atoms with E-state index in [1.807, 2.05) is 25.1 Å². The van der Waals surface area contributed by atoms with Crippen LogP contribution in [-0.4, -0.2) is 10.8 Å². The number of para-hydroxylation sites is 2. The highest BCUT2D eigenvalue weighted by atomic mass is 16.3. The Bertz CT molecular complexity index is 656. The van der Waals surface area contributed by atoms with Gasteiger partial charge in [-0.25, -0.2) is 4.98 Å². The highest BCUT2D eigenvalue weighted by Gasteiger charge is 2.23. The molecule has 0 bridgehead atoms. The number of carbonyl (C=O) groups is 1. The van der Waals surface area contributed by atoms with Crippen LogP contribution < -0.4 is 0 Å². The van der Waals surface area contributed by atoms with E-state index in [9.17, 15) is 4.79 Å². The summed E-state index contributed by atoms with van der Waals surface area (Å²) in [5.74, 6) is -1.21.